The van der Waals surface area contributed by atoms with Crippen LogP contribution in [0.25, 0.3) is 0 Å². The van der Waals surface area contributed by atoms with Gasteiger partial charge in [0.1, 0.15) is 0 Å². The van der Waals surface area contributed by atoms with E-state index in [1.165, 1.54) is 18.2 Å². The number of hydrogen-bond donors (Lipinski definition) is 1. The topological polar surface area (TPSA) is 81.7 Å². The number of carbonyl (C=O) groups excluding carboxylic acids is 1. The van der Waals surface area contributed by atoms with Crippen LogP contribution in [0.5, 0.6) is 11.5 Å². The van der Waals surface area contributed by atoms with E-state index in [1.54, 1.807) is 31.2 Å². The standard InChI is InChI=1S/C19H22ClNO5S/c1-3-25-17-11-10-16(13-18(17)26-4-2)27(23,24)21-19(22)12-7-14-5-8-15(20)9-6-14/h5-6,8-11,13H,3-4,7,12H2,1-2H3,(H,21,22). The van der Waals surface area contributed by atoms with Crippen molar-refractivity contribution in [1.29, 1.82) is 0 Å². The van der Waals surface area contributed by atoms with Gasteiger partial charge in [-0.2, -0.15) is 0 Å². The molecule has 0 bridgehead atoms. The molecule has 1 N–H and O–H groups in total. The van der Waals surface area contributed by atoms with E-state index in [0.29, 0.717) is 36.2 Å². The minimum absolute atomic E-state index is 0.0379. The van der Waals surface area contributed by atoms with Crippen molar-refractivity contribution in [2.75, 3.05) is 13.2 Å². The highest BCUT2D eigenvalue weighted by Crippen LogP contribution is 2.30. The second-order valence-electron chi connectivity index (χ2n) is 5.63. The fourth-order valence-electron chi connectivity index (χ4n) is 2.37. The van der Waals surface area contributed by atoms with E-state index in [4.69, 9.17) is 21.1 Å². The molecule has 0 saturated carbocycles. The third kappa shape index (κ3) is 6.15. The van der Waals surface area contributed by atoms with Crippen molar-refractivity contribution in [2.45, 2.75) is 31.6 Å². The Kier molecular flexibility index (Phi) is 7.50. The molecular formula is C19H22ClNO5S. The van der Waals surface area contributed by atoms with Gasteiger partial charge in [-0.05, 0) is 50.1 Å². The number of carbonyl (C=O) groups is 1. The predicted molar refractivity (Wildman–Crippen MR) is 104 cm³/mol. The molecule has 0 aliphatic carbocycles. The van der Waals surface area contributed by atoms with Gasteiger partial charge >= 0.3 is 0 Å². The number of nitrogens with one attached hydrogen (secondary N) is 1. The molecular weight excluding hydrogens is 390 g/mol. The third-order valence-corrected chi connectivity index (χ3v) is 5.25. The number of amides is 1. The van der Waals surface area contributed by atoms with Crippen LogP contribution in [-0.2, 0) is 21.2 Å². The van der Waals surface area contributed by atoms with Crippen LogP contribution in [-0.4, -0.2) is 27.5 Å². The van der Waals surface area contributed by atoms with Crippen LogP contribution in [0.4, 0.5) is 0 Å². The van der Waals surface area contributed by atoms with Gasteiger partial charge < -0.3 is 9.47 Å². The Bertz CT molecular complexity index is 881. The monoisotopic (exact) mass is 411 g/mol. The molecule has 6 nitrogen and oxygen atoms in total. The van der Waals surface area contributed by atoms with E-state index < -0.39 is 15.9 Å². The Morgan fingerprint density at radius 3 is 2.26 bits per heavy atom. The highest BCUT2D eigenvalue weighted by atomic mass is 35.5. The second-order valence-corrected chi connectivity index (χ2v) is 7.75. The number of hydrogen-bond acceptors (Lipinski definition) is 5. The van der Waals surface area contributed by atoms with Gasteiger partial charge in [0.2, 0.25) is 5.91 Å². The minimum atomic E-state index is -4.00. The molecule has 0 saturated heterocycles. The Hall–Kier alpha value is -2.25. The van der Waals surface area contributed by atoms with Gasteiger partial charge in [-0.15, -0.1) is 0 Å². The van der Waals surface area contributed by atoms with Crippen LogP contribution in [0.2, 0.25) is 5.02 Å². The first-order valence-corrected chi connectivity index (χ1v) is 10.4. The zero-order valence-electron chi connectivity index (χ0n) is 15.2. The molecule has 2 aromatic rings. The van der Waals surface area contributed by atoms with E-state index >= 15 is 0 Å². The van der Waals surface area contributed by atoms with Crippen LogP contribution in [0.3, 0.4) is 0 Å². The molecule has 0 aliphatic heterocycles. The summed E-state index contributed by atoms with van der Waals surface area (Å²) in [5.74, 6) is 0.181. The van der Waals surface area contributed by atoms with E-state index in [2.05, 4.69) is 4.72 Å². The average Bonchev–Trinajstić information content (AvgIpc) is 2.62. The average molecular weight is 412 g/mol. The Morgan fingerprint density at radius 2 is 1.63 bits per heavy atom. The van der Waals surface area contributed by atoms with E-state index in [0.717, 1.165) is 5.56 Å². The van der Waals surface area contributed by atoms with Crippen molar-refractivity contribution in [3.8, 4) is 11.5 Å². The highest BCUT2D eigenvalue weighted by molar-refractivity contribution is 7.90. The predicted octanol–water partition coefficient (Wildman–Crippen LogP) is 3.58. The lowest BCUT2D eigenvalue weighted by Crippen LogP contribution is -2.30. The fraction of sp³-hybridized carbons (Fsp3) is 0.316. The molecule has 0 heterocycles. The molecule has 146 valence electrons. The first-order valence-electron chi connectivity index (χ1n) is 8.55. The summed E-state index contributed by atoms with van der Waals surface area (Å²) in [6.45, 7) is 4.39. The number of halogens is 1. The van der Waals surface area contributed by atoms with Crippen LogP contribution >= 0.6 is 11.6 Å². The van der Waals surface area contributed by atoms with Crippen LogP contribution < -0.4 is 14.2 Å². The minimum Gasteiger partial charge on any atom is -0.490 e. The molecule has 0 unspecified atom stereocenters. The van der Waals surface area contributed by atoms with Crippen molar-refractivity contribution in [3.05, 3.63) is 53.1 Å². The van der Waals surface area contributed by atoms with Crippen molar-refractivity contribution >= 4 is 27.5 Å². The summed E-state index contributed by atoms with van der Waals surface area (Å²) in [7, 11) is -4.00. The first kappa shape index (κ1) is 21.1. The maximum Gasteiger partial charge on any atom is 0.264 e. The van der Waals surface area contributed by atoms with Crippen molar-refractivity contribution in [2.24, 2.45) is 0 Å². The van der Waals surface area contributed by atoms with Crippen LogP contribution in [0.15, 0.2) is 47.4 Å². The quantitative estimate of drug-likeness (QED) is 0.682. The Balaban J connectivity index is 2.07. The summed E-state index contributed by atoms with van der Waals surface area (Å²) in [6, 6.07) is 11.3. The van der Waals surface area contributed by atoms with Crippen molar-refractivity contribution in [1.82, 2.24) is 4.72 Å². The number of ether oxygens (including phenoxy) is 2. The maximum absolute atomic E-state index is 12.5. The van der Waals surface area contributed by atoms with Gasteiger partial charge in [-0.25, -0.2) is 13.1 Å². The maximum atomic E-state index is 12.5. The summed E-state index contributed by atoms with van der Waals surface area (Å²) in [4.78, 5) is 12.0. The number of rotatable bonds is 9. The van der Waals surface area contributed by atoms with Crippen molar-refractivity contribution in [3.63, 3.8) is 0 Å². The van der Waals surface area contributed by atoms with Gasteiger partial charge in [0, 0.05) is 17.5 Å². The summed E-state index contributed by atoms with van der Waals surface area (Å²) in [5, 5.41) is 0.603. The van der Waals surface area contributed by atoms with Gasteiger partial charge in [-0.1, -0.05) is 23.7 Å². The highest BCUT2D eigenvalue weighted by Gasteiger charge is 2.20. The molecule has 1 amide bonds. The molecule has 8 heteroatoms. The zero-order chi connectivity index (χ0) is 19.9. The molecule has 0 aliphatic rings. The summed E-state index contributed by atoms with van der Waals surface area (Å²) in [5.41, 5.74) is 0.895. The Morgan fingerprint density at radius 1 is 1.00 bits per heavy atom. The van der Waals surface area contributed by atoms with E-state index in [-0.39, 0.29) is 11.3 Å². The molecule has 2 rings (SSSR count). The normalized spacial score (nSPS) is 11.1. The molecule has 0 fully saturated rings. The van der Waals surface area contributed by atoms with Crippen LogP contribution in [0, 0.1) is 0 Å². The molecule has 0 spiro atoms. The number of benzene rings is 2. The second kappa shape index (κ2) is 9.62. The SMILES string of the molecule is CCOc1ccc(S(=O)(=O)NC(=O)CCc2ccc(Cl)cc2)cc1OCC. The summed E-state index contributed by atoms with van der Waals surface area (Å²) < 4.78 is 37.9. The lowest BCUT2D eigenvalue weighted by molar-refractivity contribution is -0.119. The van der Waals surface area contributed by atoms with Gasteiger partial charge in [-0.3, -0.25) is 4.79 Å². The van der Waals surface area contributed by atoms with E-state index in [9.17, 15) is 13.2 Å². The van der Waals surface area contributed by atoms with Crippen LogP contribution in [0.1, 0.15) is 25.8 Å². The van der Waals surface area contributed by atoms with Crippen molar-refractivity contribution < 1.29 is 22.7 Å². The number of sulfonamides is 1. The molecule has 0 radical (unpaired) electrons. The molecule has 2 aromatic carbocycles. The lowest BCUT2D eigenvalue weighted by Gasteiger charge is -2.13. The number of aryl methyl sites for hydroxylation is 1. The molecule has 0 atom stereocenters. The fourth-order valence-corrected chi connectivity index (χ4v) is 3.52. The van der Waals surface area contributed by atoms with Gasteiger partial charge in [0.15, 0.2) is 11.5 Å². The smallest absolute Gasteiger partial charge is 0.264 e. The summed E-state index contributed by atoms with van der Waals surface area (Å²) >= 11 is 5.82. The van der Waals surface area contributed by atoms with E-state index in [1.807, 2.05) is 6.92 Å². The Labute approximate surface area is 164 Å². The zero-order valence-corrected chi connectivity index (χ0v) is 16.8. The first-order chi connectivity index (χ1) is 12.9. The molecule has 27 heavy (non-hydrogen) atoms. The van der Waals surface area contributed by atoms with Gasteiger partial charge in [0.05, 0.1) is 18.1 Å². The third-order valence-electron chi connectivity index (χ3n) is 3.63. The summed E-state index contributed by atoms with van der Waals surface area (Å²) in [6.07, 6.45) is 0.447. The lowest BCUT2D eigenvalue weighted by atomic mass is 10.1. The molecule has 0 aromatic heterocycles. The van der Waals surface area contributed by atoms with Gasteiger partial charge in [0.25, 0.3) is 10.0 Å². The largest absolute Gasteiger partial charge is 0.490 e.